The number of benzene rings is 1. The molecule has 0 spiro atoms. The van der Waals surface area contributed by atoms with Crippen LogP contribution in [0.3, 0.4) is 0 Å². The van der Waals surface area contributed by atoms with Gasteiger partial charge in [-0.05, 0) is 53.8 Å². The molecule has 1 aromatic carbocycles. The maximum absolute atomic E-state index is 9.90. The quantitative estimate of drug-likeness (QED) is 0.209. The molecule has 0 aromatic heterocycles. The maximum Gasteiger partial charge on any atom is 0.191 e. The first-order chi connectivity index (χ1) is 10.2. The third kappa shape index (κ3) is 9.46. The number of nitrogens with zero attached hydrogens (tertiary/aromatic N) is 1. The van der Waals surface area contributed by atoms with Gasteiger partial charge in [0.25, 0.3) is 0 Å². The highest BCUT2D eigenvalue weighted by atomic mass is 127. The fourth-order valence-corrected chi connectivity index (χ4v) is 1.84. The number of ether oxygens (including phenoxy) is 1. The zero-order valence-electron chi connectivity index (χ0n) is 12.6. The minimum Gasteiger partial charge on any atom is -0.491 e. The van der Waals surface area contributed by atoms with E-state index in [-0.39, 0.29) is 37.1 Å². The average Bonchev–Trinajstić information content (AvgIpc) is 2.49. The van der Waals surface area contributed by atoms with Gasteiger partial charge in [0.15, 0.2) is 5.96 Å². The second-order valence-electron chi connectivity index (χ2n) is 4.31. The first-order valence-corrected chi connectivity index (χ1v) is 7.93. The Morgan fingerprint density at radius 3 is 2.68 bits per heavy atom. The Hall–Kier alpha value is -0.550. The molecular weight excluding hydrogens is 508 g/mol. The Morgan fingerprint density at radius 2 is 2.09 bits per heavy atom. The van der Waals surface area contributed by atoms with Crippen LogP contribution >= 0.6 is 46.6 Å². The summed E-state index contributed by atoms with van der Waals surface area (Å²) in [5, 5.41) is 16.1. The molecule has 124 valence electrons. The van der Waals surface area contributed by atoms with Crippen molar-refractivity contribution in [1.82, 2.24) is 10.6 Å². The van der Waals surface area contributed by atoms with E-state index in [1.54, 1.807) is 6.08 Å². The van der Waals surface area contributed by atoms with Crippen molar-refractivity contribution in [3.05, 3.63) is 40.5 Å². The first kappa shape index (κ1) is 21.4. The molecule has 0 saturated heterocycles. The molecule has 1 atom stereocenters. The van der Waals surface area contributed by atoms with Crippen molar-refractivity contribution in [3.8, 4) is 5.75 Å². The molecular formula is C15H23I2N3O2. The molecule has 0 aliphatic heterocycles. The molecule has 5 nitrogen and oxygen atoms in total. The first-order valence-electron chi connectivity index (χ1n) is 6.85. The van der Waals surface area contributed by atoms with Crippen LogP contribution in [0.5, 0.6) is 5.75 Å². The number of aliphatic imine (C=N–C) groups is 1. The van der Waals surface area contributed by atoms with Crippen LogP contribution in [0.2, 0.25) is 0 Å². The molecule has 1 rings (SSSR count). The van der Waals surface area contributed by atoms with Crippen molar-refractivity contribution in [1.29, 1.82) is 0 Å². The number of halogens is 2. The molecule has 0 amide bonds. The van der Waals surface area contributed by atoms with Gasteiger partial charge in [0.05, 0.1) is 6.54 Å². The molecule has 3 N–H and O–H groups in total. The normalized spacial score (nSPS) is 12.0. The van der Waals surface area contributed by atoms with Crippen molar-refractivity contribution in [3.63, 3.8) is 0 Å². The molecule has 0 aliphatic carbocycles. The van der Waals surface area contributed by atoms with Crippen LogP contribution in [0, 0.1) is 3.57 Å². The number of aliphatic hydroxyl groups is 1. The van der Waals surface area contributed by atoms with Crippen LogP contribution in [-0.4, -0.2) is 43.4 Å². The largest absolute Gasteiger partial charge is 0.491 e. The summed E-state index contributed by atoms with van der Waals surface area (Å²) in [6, 6.07) is 7.69. The van der Waals surface area contributed by atoms with Gasteiger partial charge in [-0.1, -0.05) is 6.08 Å². The number of nitrogens with one attached hydrogen (secondary N) is 2. The summed E-state index contributed by atoms with van der Waals surface area (Å²) in [7, 11) is 0. The summed E-state index contributed by atoms with van der Waals surface area (Å²) < 4.78 is 6.66. The monoisotopic (exact) mass is 531 g/mol. The Balaban J connectivity index is 0.00000441. The summed E-state index contributed by atoms with van der Waals surface area (Å²) in [6.07, 6.45) is 1.10. The topological polar surface area (TPSA) is 65.9 Å². The smallest absolute Gasteiger partial charge is 0.191 e. The van der Waals surface area contributed by atoms with E-state index in [0.29, 0.717) is 12.5 Å². The van der Waals surface area contributed by atoms with Crippen LogP contribution in [0.25, 0.3) is 0 Å². The van der Waals surface area contributed by atoms with Gasteiger partial charge < -0.3 is 20.5 Å². The summed E-state index contributed by atoms with van der Waals surface area (Å²) >= 11 is 2.23. The van der Waals surface area contributed by atoms with Crippen molar-refractivity contribution in [2.75, 3.05) is 26.2 Å². The third-order valence-corrected chi connectivity index (χ3v) is 3.19. The standard InChI is InChI=1S/C15H22IN3O2.HI/c1-3-9-18-15(17-4-2)19-10-13(20)11-21-14-7-5-12(16)6-8-14;/h3,5-8,13,20H,1,4,9-11H2,2H3,(H2,17,18,19);1H. The van der Waals surface area contributed by atoms with Crippen LogP contribution in [-0.2, 0) is 0 Å². The lowest BCUT2D eigenvalue weighted by molar-refractivity contribution is 0.114. The Bertz CT molecular complexity index is 453. The number of rotatable bonds is 8. The van der Waals surface area contributed by atoms with E-state index in [4.69, 9.17) is 4.74 Å². The van der Waals surface area contributed by atoms with E-state index < -0.39 is 6.10 Å². The van der Waals surface area contributed by atoms with E-state index in [9.17, 15) is 5.11 Å². The Morgan fingerprint density at radius 1 is 1.41 bits per heavy atom. The second-order valence-corrected chi connectivity index (χ2v) is 5.55. The minimum atomic E-state index is -0.650. The van der Waals surface area contributed by atoms with Gasteiger partial charge in [-0.15, -0.1) is 30.6 Å². The fourth-order valence-electron chi connectivity index (χ4n) is 1.48. The van der Waals surface area contributed by atoms with Gasteiger partial charge in [0, 0.05) is 16.7 Å². The van der Waals surface area contributed by atoms with Crippen molar-refractivity contribution in [2.45, 2.75) is 13.0 Å². The minimum absolute atomic E-state index is 0. The predicted octanol–water partition coefficient (Wildman–Crippen LogP) is 2.39. The molecule has 7 heteroatoms. The molecule has 0 fully saturated rings. The van der Waals surface area contributed by atoms with Gasteiger partial charge in [-0.25, -0.2) is 0 Å². The number of hydrogen-bond acceptors (Lipinski definition) is 3. The zero-order valence-corrected chi connectivity index (χ0v) is 17.1. The highest BCUT2D eigenvalue weighted by Crippen LogP contribution is 2.13. The van der Waals surface area contributed by atoms with Crippen LogP contribution in [0.1, 0.15) is 6.92 Å². The van der Waals surface area contributed by atoms with E-state index in [1.807, 2.05) is 31.2 Å². The second kappa shape index (κ2) is 12.9. The third-order valence-electron chi connectivity index (χ3n) is 2.47. The fraction of sp³-hybridized carbons (Fsp3) is 0.400. The predicted molar refractivity (Wildman–Crippen MR) is 110 cm³/mol. The van der Waals surface area contributed by atoms with Crippen LogP contribution in [0.4, 0.5) is 0 Å². The lowest BCUT2D eigenvalue weighted by atomic mass is 10.3. The summed E-state index contributed by atoms with van der Waals surface area (Å²) in [5.41, 5.74) is 0. The lowest BCUT2D eigenvalue weighted by Gasteiger charge is -2.13. The number of aliphatic hydroxyl groups excluding tert-OH is 1. The molecule has 0 radical (unpaired) electrons. The zero-order chi connectivity index (χ0) is 15.5. The van der Waals surface area contributed by atoms with E-state index in [0.717, 1.165) is 15.9 Å². The van der Waals surface area contributed by atoms with Crippen molar-refractivity contribution < 1.29 is 9.84 Å². The van der Waals surface area contributed by atoms with Crippen molar-refractivity contribution in [2.24, 2.45) is 4.99 Å². The molecule has 0 aliphatic rings. The summed E-state index contributed by atoms with van der Waals surface area (Å²) in [5.74, 6) is 1.40. The lowest BCUT2D eigenvalue weighted by Crippen LogP contribution is -2.38. The maximum atomic E-state index is 9.90. The average molecular weight is 531 g/mol. The van der Waals surface area contributed by atoms with Gasteiger partial charge >= 0.3 is 0 Å². The molecule has 0 bridgehead atoms. The molecule has 0 saturated carbocycles. The summed E-state index contributed by atoms with van der Waals surface area (Å²) in [6.45, 7) is 7.51. The van der Waals surface area contributed by atoms with Gasteiger partial charge in [0.1, 0.15) is 18.5 Å². The number of guanidine groups is 1. The van der Waals surface area contributed by atoms with Crippen molar-refractivity contribution >= 4 is 52.5 Å². The van der Waals surface area contributed by atoms with E-state index in [1.165, 1.54) is 0 Å². The Labute approximate surface area is 162 Å². The SMILES string of the molecule is C=CCNC(=NCC(O)COc1ccc(I)cc1)NCC.I. The van der Waals surface area contributed by atoms with Gasteiger partial charge in [-0.2, -0.15) is 0 Å². The van der Waals surface area contributed by atoms with Crippen LogP contribution in [0.15, 0.2) is 41.9 Å². The van der Waals surface area contributed by atoms with Gasteiger partial charge in [-0.3, -0.25) is 4.99 Å². The highest BCUT2D eigenvalue weighted by molar-refractivity contribution is 14.1. The van der Waals surface area contributed by atoms with E-state index >= 15 is 0 Å². The number of hydrogen-bond donors (Lipinski definition) is 3. The van der Waals surface area contributed by atoms with Gasteiger partial charge in [0.2, 0.25) is 0 Å². The van der Waals surface area contributed by atoms with Crippen LogP contribution < -0.4 is 15.4 Å². The Kier molecular flexibility index (Phi) is 12.6. The molecule has 0 heterocycles. The molecule has 22 heavy (non-hydrogen) atoms. The highest BCUT2D eigenvalue weighted by Gasteiger charge is 2.05. The molecule has 1 aromatic rings. The molecule has 1 unspecified atom stereocenters. The summed E-state index contributed by atoms with van der Waals surface area (Å²) in [4.78, 5) is 4.29. The van der Waals surface area contributed by atoms with E-state index in [2.05, 4.69) is 44.8 Å².